The number of phenols is 1. The standard InChI is InChI=1S/C12H15BrO/c13-10-5-1-3-9-4-2-6-12(14)11(9)8-7-10/h2,4,6,10,14H,1,3,5,7-8H2. The summed E-state index contributed by atoms with van der Waals surface area (Å²) in [5.41, 5.74) is 2.50. The van der Waals surface area contributed by atoms with Gasteiger partial charge in [0.15, 0.2) is 0 Å². The number of aryl methyl sites for hydroxylation is 1. The molecule has 0 saturated heterocycles. The van der Waals surface area contributed by atoms with Gasteiger partial charge in [0, 0.05) is 4.83 Å². The molecular formula is C12H15BrO. The maximum absolute atomic E-state index is 9.74. The highest BCUT2D eigenvalue weighted by atomic mass is 79.9. The van der Waals surface area contributed by atoms with Crippen LogP contribution in [0.5, 0.6) is 5.75 Å². The van der Waals surface area contributed by atoms with E-state index in [9.17, 15) is 5.11 Å². The second kappa shape index (κ2) is 4.35. The van der Waals surface area contributed by atoms with Gasteiger partial charge in [0.1, 0.15) is 5.75 Å². The van der Waals surface area contributed by atoms with E-state index in [1.807, 2.05) is 6.07 Å². The highest BCUT2D eigenvalue weighted by Crippen LogP contribution is 2.29. The molecule has 0 amide bonds. The van der Waals surface area contributed by atoms with Gasteiger partial charge in [-0.25, -0.2) is 0 Å². The van der Waals surface area contributed by atoms with Crippen molar-refractivity contribution in [2.24, 2.45) is 0 Å². The van der Waals surface area contributed by atoms with Crippen molar-refractivity contribution >= 4 is 15.9 Å². The average Bonchev–Trinajstić information content (AvgIpc) is 2.13. The summed E-state index contributed by atoms with van der Waals surface area (Å²) in [5, 5.41) is 9.74. The Bertz CT molecular complexity index is 322. The van der Waals surface area contributed by atoms with Crippen molar-refractivity contribution in [3.63, 3.8) is 0 Å². The van der Waals surface area contributed by atoms with Gasteiger partial charge < -0.3 is 5.11 Å². The fraction of sp³-hybridized carbons (Fsp3) is 0.500. The number of phenolic OH excluding ortho intramolecular Hbond substituents is 1. The molecule has 0 fully saturated rings. The SMILES string of the molecule is Oc1cccc2c1CCC(Br)CCC2. The molecule has 1 aromatic rings. The minimum atomic E-state index is 0.476. The Labute approximate surface area is 93.3 Å². The number of alkyl halides is 1. The smallest absolute Gasteiger partial charge is 0.119 e. The molecular weight excluding hydrogens is 240 g/mol. The summed E-state index contributed by atoms with van der Waals surface area (Å²) in [6.45, 7) is 0. The van der Waals surface area contributed by atoms with Crippen molar-refractivity contribution in [3.05, 3.63) is 29.3 Å². The summed E-state index contributed by atoms with van der Waals surface area (Å²) >= 11 is 3.67. The molecule has 1 unspecified atom stereocenters. The third-order valence-electron chi connectivity index (χ3n) is 2.92. The first-order chi connectivity index (χ1) is 6.77. The van der Waals surface area contributed by atoms with Crippen LogP contribution < -0.4 is 0 Å². The first-order valence-corrected chi connectivity index (χ1v) is 6.13. The minimum Gasteiger partial charge on any atom is -0.508 e. The highest BCUT2D eigenvalue weighted by Gasteiger charge is 2.14. The lowest BCUT2D eigenvalue weighted by molar-refractivity contribution is 0.463. The van der Waals surface area contributed by atoms with Crippen LogP contribution in [0.15, 0.2) is 18.2 Å². The maximum Gasteiger partial charge on any atom is 0.119 e. The molecule has 0 heterocycles. The van der Waals surface area contributed by atoms with Crippen LogP contribution in [0.25, 0.3) is 0 Å². The van der Waals surface area contributed by atoms with Crippen LogP contribution >= 0.6 is 15.9 Å². The first-order valence-electron chi connectivity index (χ1n) is 5.21. The number of benzene rings is 1. The Kier molecular flexibility index (Phi) is 3.12. The zero-order chi connectivity index (χ0) is 9.97. The fourth-order valence-electron chi connectivity index (χ4n) is 2.10. The van der Waals surface area contributed by atoms with Crippen molar-refractivity contribution in [2.45, 2.75) is 36.9 Å². The average molecular weight is 255 g/mol. The molecule has 0 bridgehead atoms. The lowest BCUT2D eigenvalue weighted by atomic mass is 9.93. The second-order valence-electron chi connectivity index (χ2n) is 3.94. The second-order valence-corrected chi connectivity index (χ2v) is 5.24. The Morgan fingerprint density at radius 2 is 2.07 bits per heavy atom. The predicted molar refractivity (Wildman–Crippen MR) is 62.1 cm³/mol. The summed E-state index contributed by atoms with van der Waals surface area (Å²) in [5.74, 6) is 0.476. The van der Waals surface area contributed by atoms with E-state index in [1.165, 1.54) is 18.4 Å². The number of halogens is 1. The molecule has 14 heavy (non-hydrogen) atoms. The summed E-state index contributed by atoms with van der Waals surface area (Å²) in [4.78, 5) is 0.621. The Morgan fingerprint density at radius 1 is 1.21 bits per heavy atom. The molecule has 2 heteroatoms. The van der Waals surface area contributed by atoms with Gasteiger partial charge in [0.05, 0.1) is 0 Å². The zero-order valence-corrected chi connectivity index (χ0v) is 9.76. The summed E-state index contributed by atoms with van der Waals surface area (Å²) in [6, 6.07) is 5.88. The summed E-state index contributed by atoms with van der Waals surface area (Å²) in [6.07, 6.45) is 5.69. The molecule has 1 aromatic carbocycles. The van der Waals surface area contributed by atoms with Crippen LogP contribution in [0.1, 0.15) is 30.4 Å². The van der Waals surface area contributed by atoms with E-state index < -0.39 is 0 Å². The third kappa shape index (κ3) is 2.11. The van der Waals surface area contributed by atoms with Gasteiger partial charge >= 0.3 is 0 Å². The topological polar surface area (TPSA) is 20.2 Å². The number of fused-ring (bicyclic) bond motifs is 1. The van der Waals surface area contributed by atoms with E-state index in [0.717, 1.165) is 24.8 Å². The van der Waals surface area contributed by atoms with Crippen LogP contribution in [0, 0.1) is 0 Å². The molecule has 0 spiro atoms. The van der Waals surface area contributed by atoms with E-state index in [1.54, 1.807) is 6.07 Å². The van der Waals surface area contributed by atoms with Crippen LogP contribution in [0.2, 0.25) is 0 Å². The Morgan fingerprint density at radius 3 is 2.93 bits per heavy atom. The highest BCUT2D eigenvalue weighted by molar-refractivity contribution is 9.09. The zero-order valence-electron chi connectivity index (χ0n) is 8.17. The molecule has 0 radical (unpaired) electrons. The van der Waals surface area contributed by atoms with Gasteiger partial charge in [0.2, 0.25) is 0 Å². The molecule has 1 aliphatic rings. The van der Waals surface area contributed by atoms with E-state index in [-0.39, 0.29) is 0 Å². The van der Waals surface area contributed by atoms with E-state index in [4.69, 9.17) is 0 Å². The van der Waals surface area contributed by atoms with Gasteiger partial charge in [-0.1, -0.05) is 28.1 Å². The first kappa shape index (κ1) is 10.0. The molecule has 1 nitrogen and oxygen atoms in total. The van der Waals surface area contributed by atoms with Crippen molar-refractivity contribution < 1.29 is 5.11 Å². The van der Waals surface area contributed by atoms with Gasteiger partial charge in [-0.3, -0.25) is 0 Å². The molecule has 76 valence electrons. The molecule has 0 saturated carbocycles. The fourth-order valence-corrected chi connectivity index (χ4v) is 2.66. The molecule has 1 atom stereocenters. The minimum absolute atomic E-state index is 0.476. The lowest BCUT2D eigenvalue weighted by Gasteiger charge is -2.17. The predicted octanol–water partition coefficient (Wildman–Crippen LogP) is 3.42. The number of rotatable bonds is 0. The lowest BCUT2D eigenvalue weighted by Crippen LogP contribution is -2.07. The Hall–Kier alpha value is -0.500. The molecule has 1 aliphatic carbocycles. The maximum atomic E-state index is 9.74. The molecule has 1 N–H and O–H groups in total. The van der Waals surface area contributed by atoms with E-state index in [0.29, 0.717) is 10.6 Å². The van der Waals surface area contributed by atoms with Crippen molar-refractivity contribution in [1.82, 2.24) is 0 Å². The van der Waals surface area contributed by atoms with Crippen molar-refractivity contribution in [2.75, 3.05) is 0 Å². The Balaban J connectivity index is 2.29. The van der Waals surface area contributed by atoms with E-state index in [2.05, 4.69) is 22.0 Å². The van der Waals surface area contributed by atoms with Gasteiger partial charge in [0.25, 0.3) is 0 Å². The monoisotopic (exact) mass is 254 g/mol. The molecule has 2 rings (SSSR count). The number of hydrogen-bond acceptors (Lipinski definition) is 1. The third-order valence-corrected chi connectivity index (χ3v) is 3.84. The van der Waals surface area contributed by atoms with Crippen molar-refractivity contribution in [1.29, 1.82) is 0 Å². The number of hydrogen-bond donors (Lipinski definition) is 1. The van der Waals surface area contributed by atoms with Gasteiger partial charge in [-0.2, -0.15) is 0 Å². The van der Waals surface area contributed by atoms with Gasteiger partial charge in [-0.15, -0.1) is 0 Å². The summed E-state index contributed by atoms with van der Waals surface area (Å²) < 4.78 is 0. The molecule has 0 aliphatic heterocycles. The van der Waals surface area contributed by atoms with Crippen LogP contribution in [0.3, 0.4) is 0 Å². The van der Waals surface area contributed by atoms with Crippen molar-refractivity contribution in [3.8, 4) is 5.75 Å². The van der Waals surface area contributed by atoms with E-state index >= 15 is 0 Å². The van der Waals surface area contributed by atoms with Crippen LogP contribution in [-0.4, -0.2) is 9.93 Å². The quantitative estimate of drug-likeness (QED) is 0.704. The molecule has 0 aromatic heterocycles. The van der Waals surface area contributed by atoms with Crippen LogP contribution in [0.4, 0.5) is 0 Å². The summed E-state index contributed by atoms with van der Waals surface area (Å²) in [7, 11) is 0. The van der Waals surface area contributed by atoms with Gasteiger partial charge in [-0.05, 0) is 49.3 Å². The largest absolute Gasteiger partial charge is 0.508 e. The number of aromatic hydroxyl groups is 1. The normalized spacial score (nSPS) is 22.2. The van der Waals surface area contributed by atoms with Crippen LogP contribution in [-0.2, 0) is 12.8 Å².